The van der Waals surface area contributed by atoms with Gasteiger partial charge in [-0.05, 0) is 39.2 Å². The van der Waals surface area contributed by atoms with E-state index in [0.717, 1.165) is 35.5 Å². The van der Waals surface area contributed by atoms with Crippen molar-refractivity contribution in [3.63, 3.8) is 0 Å². The number of nitrogens with zero attached hydrogens (tertiary/aromatic N) is 1. The van der Waals surface area contributed by atoms with Gasteiger partial charge in [-0.15, -0.1) is 11.3 Å². The second-order valence-electron chi connectivity index (χ2n) is 7.71. The van der Waals surface area contributed by atoms with Gasteiger partial charge >= 0.3 is 18.0 Å². The van der Waals surface area contributed by atoms with Crippen LogP contribution in [0.3, 0.4) is 0 Å². The van der Waals surface area contributed by atoms with E-state index in [1.165, 1.54) is 0 Å². The summed E-state index contributed by atoms with van der Waals surface area (Å²) in [4.78, 5) is 63.8. The second-order valence-corrected chi connectivity index (χ2v) is 8.73. The molecule has 1 saturated carbocycles. The highest BCUT2D eigenvalue weighted by molar-refractivity contribution is 7.18. The van der Waals surface area contributed by atoms with Crippen LogP contribution in [0.1, 0.15) is 71.5 Å². The molecule has 0 radical (unpaired) electrons. The van der Waals surface area contributed by atoms with Crippen molar-refractivity contribution < 1.29 is 33.4 Å². The van der Waals surface area contributed by atoms with Crippen LogP contribution in [0.2, 0.25) is 0 Å². The Morgan fingerprint density at radius 2 is 1.69 bits per heavy atom. The minimum Gasteiger partial charge on any atom is -0.462 e. The molecule has 174 valence electrons. The zero-order valence-electron chi connectivity index (χ0n) is 18.4. The summed E-state index contributed by atoms with van der Waals surface area (Å²) in [5.41, 5.74) is -0.546. The van der Waals surface area contributed by atoms with E-state index < -0.39 is 41.9 Å². The Kier molecular flexibility index (Phi) is 7.17. The Morgan fingerprint density at radius 1 is 1.06 bits per heavy atom. The second kappa shape index (κ2) is 9.68. The van der Waals surface area contributed by atoms with Gasteiger partial charge in [-0.2, -0.15) is 0 Å². The summed E-state index contributed by atoms with van der Waals surface area (Å²) >= 11 is 0.886. The molecule has 1 aromatic rings. The van der Waals surface area contributed by atoms with Crippen LogP contribution >= 0.6 is 11.3 Å². The van der Waals surface area contributed by atoms with E-state index in [1.807, 2.05) is 0 Å². The summed E-state index contributed by atoms with van der Waals surface area (Å²) in [6, 6.07) is -0.604. The van der Waals surface area contributed by atoms with Gasteiger partial charge < -0.3 is 20.1 Å². The summed E-state index contributed by atoms with van der Waals surface area (Å²) in [6.45, 7) is 4.63. The van der Waals surface area contributed by atoms with Crippen LogP contribution in [0, 0.1) is 6.92 Å². The largest absolute Gasteiger partial charge is 0.462 e. The van der Waals surface area contributed by atoms with E-state index in [4.69, 9.17) is 9.47 Å². The maximum Gasteiger partial charge on any atom is 0.348 e. The number of hydrogen-bond acceptors (Lipinski definition) is 8. The van der Waals surface area contributed by atoms with Crippen molar-refractivity contribution in [2.45, 2.75) is 58.4 Å². The number of anilines is 1. The third-order valence-electron chi connectivity index (χ3n) is 5.59. The van der Waals surface area contributed by atoms with Crippen molar-refractivity contribution in [1.82, 2.24) is 10.2 Å². The van der Waals surface area contributed by atoms with Crippen LogP contribution in [0.4, 0.5) is 9.80 Å². The number of thiophene rings is 1. The van der Waals surface area contributed by atoms with Gasteiger partial charge in [0.2, 0.25) is 5.91 Å². The average Bonchev–Trinajstić information content (AvgIpc) is 3.18. The molecule has 32 heavy (non-hydrogen) atoms. The van der Waals surface area contributed by atoms with Crippen LogP contribution in [-0.4, -0.2) is 60.0 Å². The molecule has 1 aliphatic carbocycles. The van der Waals surface area contributed by atoms with Gasteiger partial charge in [0.05, 0.1) is 18.8 Å². The molecule has 11 heteroatoms. The van der Waals surface area contributed by atoms with Gasteiger partial charge in [-0.1, -0.05) is 19.3 Å². The molecule has 2 heterocycles. The molecule has 2 N–H and O–H groups in total. The zero-order valence-corrected chi connectivity index (χ0v) is 19.2. The summed E-state index contributed by atoms with van der Waals surface area (Å²) in [5, 5.41) is 5.42. The first-order chi connectivity index (χ1) is 15.2. The molecule has 4 amide bonds. The lowest BCUT2D eigenvalue weighted by molar-refractivity contribution is -0.134. The molecule has 1 aliphatic heterocycles. The normalized spacial score (nSPS) is 17.3. The minimum atomic E-state index is -0.928. The van der Waals surface area contributed by atoms with Gasteiger partial charge in [0.15, 0.2) is 0 Å². The Balaban J connectivity index is 1.80. The number of urea groups is 1. The Labute approximate surface area is 189 Å². The molecular weight excluding hydrogens is 438 g/mol. The number of esters is 2. The van der Waals surface area contributed by atoms with Crippen molar-refractivity contribution in [2.24, 2.45) is 0 Å². The van der Waals surface area contributed by atoms with Crippen molar-refractivity contribution in [2.75, 3.05) is 25.1 Å². The summed E-state index contributed by atoms with van der Waals surface area (Å²) in [7, 11) is 0. The van der Waals surface area contributed by atoms with E-state index in [1.54, 1.807) is 20.8 Å². The fourth-order valence-electron chi connectivity index (χ4n) is 4.07. The maximum atomic E-state index is 12.9. The fraction of sp³-hybridized carbons (Fsp3) is 0.571. The number of ether oxygens (including phenoxy) is 2. The molecule has 1 spiro atoms. The van der Waals surface area contributed by atoms with Crippen LogP contribution in [0.5, 0.6) is 0 Å². The average molecular weight is 466 g/mol. The van der Waals surface area contributed by atoms with E-state index in [0.29, 0.717) is 18.4 Å². The predicted molar refractivity (Wildman–Crippen MR) is 116 cm³/mol. The first-order valence-corrected chi connectivity index (χ1v) is 11.5. The number of amides is 4. The third kappa shape index (κ3) is 4.47. The van der Waals surface area contributed by atoms with E-state index in [2.05, 4.69) is 10.6 Å². The number of rotatable bonds is 7. The highest BCUT2D eigenvalue weighted by Crippen LogP contribution is 2.35. The number of hydrogen-bond donors (Lipinski definition) is 2. The highest BCUT2D eigenvalue weighted by Gasteiger charge is 2.51. The molecule has 1 aromatic heterocycles. The molecule has 2 aliphatic rings. The highest BCUT2D eigenvalue weighted by atomic mass is 32.1. The lowest BCUT2D eigenvalue weighted by Crippen LogP contribution is -2.48. The van der Waals surface area contributed by atoms with Gasteiger partial charge in [0.25, 0.3) is 5.91 Å². The molecule has 1 saturated heterocycles. The zero-order chi connectivity index (χ0) is 23.5. The van der Waals surface area contributed by atoms with Crippen molar-refractivity contribution in [3.05, 3.63) is 16.0 Å². The monoisotopic (exact) mass is 465 g/mol. The van der Waals surface area contributed by atoms with E-state index in [9.17, 15) is 24.0 Å². The molecule has 0 aromatic carbocycles. The van der Waals surface area contributed by atoms with Crippen molar-refractivity contribution in [3.8, 4) is 0 Å². The van der Waals surface area contributed by atoms with Crippen LogP contribution < -0.4 is 10.6 Å². The quantitative estimate of drug-likeness (QED) is 0.467. The fourth-order valence-corrected chi connectivity index (χ4v) is 5.17. The molecule has 10 nitrogen and oxygen atoms in total. The number of imide groups is 1. The van der Waals surface area contributed by atoms with E-state index >= 15 is 0 Å². The van der Waals surface area contributed by atoms with Crippen LogP contribution in [-0.2, 0) is 19.1 Å². The van der Waals surface area contributed by atoms with Crippen molar-refractivity contribution >= 4 is 46.1 Å². The minimum absolute atomic E-state index is 0.0502. The topological polar surface area (TPSA) is 131 Å². The van der Waals surface area contributed by atoms with Crippen molar-refractivity contribution in [1.29, 1.82) is 0 Å². The first-order valence-electron chi connectivity index (χ1n) is 10.7. The molecule has 2 fully saturated rings. The molecule has 0 bridgehead atoms. The van der Waals surface area contributed by atoms with Gasteiger partial charge in [0.1, 0.15) is 22.0 Å². The lowest BCUT2D eigenvalue weighted by atomic mass is 9.82. The number of nitrogens with one attached hydrogen (secondary N) is 2. The first kappa shape index (κ1) is 23.7. The van der Waals surface area contributed by atoms with E-state index in [-0.39, 0.29) is 28.7 Å². The molecular formula is C21H27N3O7S. The SMILES string of the molecule is CCOC(=O)c1sc(NC(=O)CN2C(=O)NC3(CCCCC3)C2=O)c(C(=O)OCC)c1C. The Bertz CT molecular complexity index is 949. The standard InChI is InChI=1S/C21H27N3O7S/c1-4-30-17(26)14-12(3)15(18(27)31-5-2)32-16(14)22-13(25)11-24-19(28)21(23-20(24)29)9-7-6-8-10-21/h4-11H2,1-3H3,(H,22,25)(H,23,29). The smallest absolute Gasteiger partial charge is 0.348 e. The molecule has 0 unspecified atom stereocenters. The Morgan fingerprint density at radius 3 is 2.31 bits per heavy atom. The van der Waals surface area contributed by atoms with Gasteiger partial charge in [0, 0.05) is 0 Å². The summed E-state index contributed by atoms with van der Waals surface area (Å²) in [6.07, 6.45) is 3.77. The third-order valence-corrected chi connectivity index (χ3v) is 6.78. The number of carbonyl (C=O) groups excluding carboxylic acids is 5. The molecule has 0 atom stereocenters. The summed E-state index contributed by atoms with van der Waals surface area (Å²) < 4.78 is 10.1. The molecule has 3 rings (SSSR count). The maximum absolute atomic E-state index is 12.9. The van der Waals surface area contributed by atoms with Gasteiger partial charge in [-0.25, -0.2) is 14.4 Å². The van der Waals surface area contributed by atoms with Crippen LogP contribution in [0.15, 0.2) is 0 Å². The van der Waals surface area contributed by atoms with Crippen LogP contribution in [0.25, 0.3) is 0 Å². The predicted octanol–water partition coefficient (Wildman–Crippen LogP) is 2.60. The lowest BCUT2D eigenvalue weighted by Gasteiger charge is -2.30. The van der Waals surface area contributed by atoms with Gasteiger partial charge in [-0.3, -0.25) is 14.5 Å². The number of carbonyl (C=O) groups is 5. The summed E-state index contributed by atoms with van der Waals surface area (Å²) in [5.74, 6) is -2.38. The Hall–Kier alpha value is -2.95.